The molecule has 0 unspecified atom stereocenters. The van der Waals surface area contributed by atoms with Crippen molar-refractivity contribution < 1.29 is 0 Å². The van der Waals surface area contributed by atoms with Crippen LogP contribution < -0.4 is 5.56 Å². The Balaban J connectivity index is 1.59. The van der Waals surface area contributed by atoms with Crippen molar-refractivity contribution in [2.75, 3.05) is 0 Å². The minimum Gasteiger partial charge on any atom is -0.305 e. The smallest absolute Gasteiger partial charge is 0.260 e. The fraction of sp³-hybridized carbons (Fsp3) is 0.143. The summed E-state index contributed by atoms with van der Waals surface area (Å²) in [5.74, 6) is 0.428. The highest BCUT2D eigenvalue weighted by Crippen LogP contribution is 2.35. The van der Waals surface area contributed by atoms with Crippen LogP contribution in [0.3, 0.4) is 0 Å². The second-order valence-corrected chi connectivity index (χ2v) is 8.04. The van der Waals surface area contributed by atoms with Crippen LogP contribution >= 0.6 is 22.9 Å². The normalized spacial score (nSPS) is 14.3. The van der Waals surface area contributed by atoms with Crippen LogP contribution in [0.5, 0.6) is 0 Å². The Morgan fingerprint density at radius 3 is 2.88 bits per heavy atom. The lowest BCUT2D eigenvalue weighted by molar-refractivity contribution is 0.916. The number of aromatic amines is 1. The summed E-state index contributed by atoms with van der Waals surface area (Å²) < 4.78 is 0. The van der Waals surface area contributed by atoms with Gasteiger partial charge in [0, 0.05) is 4.88 Å². The number of aryl methyl sites for hydroxylation is 2. The van der Waals surface area contributed by atoms with Crippen molar-refractivity contribution in [1.82, 2.24) is 9.97 Å². The first-order valence-corrected chi connectivity index (χ1v) is 9.79. The van der Waals surface area contributed by atoms with E-state index >= 15 is 0 Å². The molecular weight excluding hydrogens is 364 g/mol. The SMILES string of the molecule is O=c1[nH]c(/C(Cl)=C/c2ccc3ccccc3c2)nc2sc3c(c12)CCC3. The van der Waals surface area contributed by atoms with Crippen molar-refractivity contribution in [2.45, 2.75) is 19.3 Å². The van der Waals surface area contributed by atoms with Gasteiger partial charge in [-0.1, -0.05) is 48.0 Å². The van der Waals surface area contributed by atoms with E-state index in [0.29, 0.717) is 10.9 Å². The number of nitrogens with zero attached hydrogens (tertiary/aromatic N) is 1. The second kappa shape index (κ2) is 6.08. The second-order valence-electron chi connectivity index (χ2n) is 6.55. The van der Waals surface area contributed by atoms with Crippen LogP contribution in [0.2, 0.25) is 0 Å². The maximum Gasteiger partial charge on any atom is 0.260 e. The highest BCUT2D eigenvalue weighted by molar-refractivity contribution is 7.18. The molecule has 0 saturated carbocycles. The van der Waals surface area contributed by atoms with E-state index in [2.05, 4.69) is 34.2 Å². The van der Waals surface area contributed by atoms with E-state index in [9.17, 15) is 4.79 Å². The van der Waals surface area contributed by atoms with Gasteiger partial charge in [-0.3, -0.25) is 4.79 Å². The molecule has 4 aromatic rings. The van der Waals surface area contributed by atoms with Crippen molar-refractivity contribution in [3.8, 4) is 0 Å². The zero-order valence-corrected chi connectivity index (χ0v) is 15.5. The number of hydrogen-bond donors (Lipinski definition) is 1. The van der Waals surface area contributed by atoms with Crippen LogP contribution in [0.4, 0.5) is 0 Å². The lowest BCUT2D eigenvalue weighted by Gasteiger charge is -2.02. The minimum absolute atomic E-state index is 0.0885. The Morgan fingerprint density at radius 2 is 2.00 bits per heavy atom. The van der Waals surface area contributed by atoms with Crippen LogP contribution in [0, 0.1) is 0 Å². The number of halogens is 1. The molecule has 0 amide bonds. The maximum absolute atomic E-state index is 12.6. The molecular formula is C21H15ClN2OS. The lowest BCUT2D eigenvalue weighted by Crippen LogP contribution is -2.10. The van der Waals surface area contributed by atoms with E-state index in [1.807, 2.05) is 24.3 Å². The Bertz CT molecular complexity index is 1250. The number of benzene rings is 2. The van der Waals surface area contributed by atoms with Gasteiger partial charge in [-0.25, -0.2) is 4.98 Å². The van der Waals surface area contributed by atoms with Gasteiger partial charge in [-0.15, -0.1) is 11.3 Å². The molecule has 1 aliphatic rings. The third kappa shape index (κ3) is 2.57. The van der Waals surface area contributed by atoms with Gasteiger partial charge in [0.2, 0.25) is 0 Å². The third-order valence-electron chi connectivity index (χ3n) is 4.87. The molecule has 0 radical (unpaired) electrons. The molecule has 0 bridgehead atoms. The molecule has 0 fully saturated rings. The van der Waals surface area contributed by atoms with Gasteiger partial charge in [0.25, 0.3) is 5.56 Å². The molecule has 0 saturated heterocycles. The molecule has 1 aliphatic carbocycles. The van der Waals surface area contributed by atoms with E-state index in [1.165, 1.54) is 15.8 Å². The van der Waals surface area contributed by atoms with E-state index in [-0.39, 0.29) is 5.56 Å². The minimum atomic E-state index is -0.0885. The number of aromatic nitrogens is 2. The van der Waals surface area contributed by atoms with Crippen molar-refractivity contribution >= 4 is 55.0 Å². The monoisotopic (exact) mass is 378 g/mol. The highest BCUT2D eigenvalue weighted by Gasteiger charge is 2.21. The summed E-state index contributed by atoms with van der Waals surface area (Å²) in [4.78, 5) is 22.1. The van der Waals surface area contributed by atoms with Crippen molar-refractivity contribution in [3.63, 3.8) is 0 Å². The maximum atomic E-state index is 12.6. The number of hydrogen-bond acceptors (Lipinski definition) is 3. The van der Waals surface area contributed by atoms with Gasteiger partial charge in [0.1, 0.15) is 4.83 Å². The quantitative estimate of drug-likeness (QED) is 0.510. The predicted molar refractivity (Wildman–Crippen MR) is 110 cm³/mol. The van der Waals surface area contributed by atoms with Gasteiger partial charge >= 0.3 is 0 Å². The Hall–Kier alpha value is -2.43. The zero-order chi connectivity index (χ0) is 17.7. The van der Waals surface area contributed by atoms with Crippen LogP contribution in [0.1, 0.15) is 28.2 Å². The zero-order valence-electron chi connectivity index (χ0n) is 13.9. The predicted octanol–water partition coefficient (Wildman–Crippen LogP) is 5.36. The molecule has 0 atom stereocenters. The summed E-state index contributed by atoms with van der Waals surface area (Å²) in [5.41, 5.74) is 2.07. The first-order valence-electron chi connectivity index (χ1n) is 8.60. The molecule has 2 aromatic carbocycles. The van der Waals surface area contributed by atoms with Gasteiger partial charge in [-0.2, -0.15) is 0 Å². The van der Waals surface area contributed by atoms with E-state index < -0.39 is 0 Å². The first-order chi connectivity index (χ1) is 12.7. The van der Waals surface area contributed by atoms with E-state index in [4.69, 9.17) is 11.6 Å². The fourth-order valence-electron chi connectivity index (χ4n) is 3.63. The average molecular weight is 379 g/mol. The van der Waals surface area contributed by atoms with E-state index in [0.717, 1.165) is 40.4 Å². The van der Waals surface area contributed by atoms with Crippen molar-refractivity contribution in [2.24, 2.45) is 0 Å². The summed E-state index contributed by atoms with van der Waals surface area (Å²) in [7, 11) is 0. The summed E-state index contributed by atoms with van der Waals surface area (Å²) in [6.07, 6.45) is 4.99. The average Bonchev–Trinajstić information content (AvgIpc) is 3.22. The number of fused-ring (bicyclic) bond motifs is 4. The van der Waals surface area contributed by atoms with Gasteiger partial charge < -0.3 is 4.98 Å². The molecule has 26 heavy (non-hydrogen) atoms. The molecule has 5 rings (SSSR count). The topological polar surface area (TPSA) is 45.8 Å². The molecule has 2 heterocycles. The van der Waals surface area contributed by atoms with Gasteiger partial charge in [0.05, 0.1) is 10.4 Å². The van der Waals surface area contributed by atoms with Gasteiger partial charge in [-0.05, 0) is 53.3 Å². The van der Waals surface area contributed by atoms with Crippen molar-refractivity contribution in [1.29, 1.82) is 0 Å². The standard InChI is InChI=1S/C21H15ClN2OS/c22-16(11-12-8-9-13-4-1-2-5-14(13)10-12)19-23-20(25)18-15-6-3-7-17(15)26-21(18)24-19/h1-2,4-5,8-11H,3,6-7H2,(H,23,24,25)/b16-11-. The number of rotatable bonds is 2. The number of H-pyrrole nitrogens is 1. The first kappa shape index (κ1) is 15.8. The number of nitrogens with one attached hydrogen (secondary N) is 1. The molecule has 0 aliphatic heterocycles. The third-order valence-corrected chi connectivity index (χ3v) is 6.34. The summed E-state index contributed by atoms with van der Waals surface area (Å²) in [6.45, 7) is 0. The summed E-state index contributed by atoms with van der Waals surface area (Å²) in [5, 5.41) is 3.52. The van der Waals surface area contributed by atoms with Crippen LogP contribution in [-0.2, 0) is 12.8 Å². The number of thiophene rings is 1. The Kier molecular flexibility index (Phi) is 3.69. The molecule has 3 nitrogen and oxygen atoms in total. The van der Waals surface area contributed by atoms with E-state index in [1.54, 1.807) is 11.3 Å². The fourth-order valence-corrected chi connectivity index (χ4v) is 5.11. The molecule has 2 aromatic heterocycles. The Labute approximate surface area is 159 Å². The summed E-state index contributed by atoms with van der Waals surface area (Å²) >= 11 is 8.12. The van der Waals surface area contributed by atoms with Crippen LogP contribution in [-0.4, -0.2) is 9.97 Å². The lowest BCUT2D eigenvalue weighted by atomic mass is 10.1. The molecule has 128 valence electrons. The van der Waals surface area contributed by atoms with Crippen LogP contribution in [0.15, 0.2) is 47.3 Å². The molecule has 5 heteroatoms. The highest BCUT2D eigenvalue weighted by atomic mass is 35.5. The largest absolute Gasteiger partial charge is 0.305 e. The summed E-state index contributed by atoms with van der Waals surface area (Å²) in [6, 6.07) is 14.3. The van der Waals surface area contributed by atoms with Crippen molar-refractivity contribution in [3.05, 3.63) is 74.6 Å². The van der Waals surface area contributed by atoms with Gasteiger partial charge in [0.15, 0.2) is 5.82 Å². The molecule has 1 N–H and O–H groups in total. The van der Waals surface area contributed by atoms with Crippen LogP contribution in [0.25, 0.3) is 32.1 Å². The Morgan fingerprint density at radius 1 is 1.15 bits per heavy atom. The molecule has 0 spiro atoms.